The summed E-state index contributed by atoms with van der Waals surface area (Å²) >= 11 is 0. The second-order valence-electron chi connectivity index (χ2n) is 10.7. The van der Waals surface area contributed by atoms with Crippen molar-refractivity contribution in [3.05, 3.63) is 46.6 Å². The number of hydrogen-bond acceptors (Lipinski definition) is 8. The second kappa shape index (κ2) is 7.37. The van der Waals surface area contributed by atoms with E-state index in [-0.39, 0.29) is 29.6 Å². The second-order valence-corrected chi connectivity index (χ2v) is 10.7. The van der Waals surface area contributed by atoms with Crippen LogP contribution >= 0.6 is 0 Å². The number of nitrogens with zero attached hydrogens (tertiary/aromatic N) is 1. The lowest BCUT2D eigenvalue weighted by Gasteiger charge is -2.66. The van der Waals surface area contributed by atoms with Gasteiger partial charge in [0.2, 0.25) is 0 Å². The molecule has 2 fully saturated rings. The molecule has 0 saturated heterocycles. The van der Waals surface area contributed by atoms with Crippen molar-refractivity contribution in [2.75, 3.05) is 6.61 Å². The Morgan fingerprint density at radius 1 is 1.18 bits per heavy atom. The minimum Gasteiger partial charge on any atom is -0.484 e. The molecule has 0 spiro atoms. The molecule has 1 aliphatic heterocycles. The van der Waals surface area contributed by atoms with Crippen molar-refractivity contribution in [1.29, 1.82) is 0 Å². The van der Waals surface area contributed by atoms with Gasteiger partial charge in [0.15, 0.2) is 0 Å². The van der Waals surface area contributed by atoms with Gasteiger partial charge in [0.05, 0.1) is 24.9 Å². The number of ether oxygens (including phenoxy) is 1. The Morgan fingerprint density at radius 2 is 1.94 bits per heavy atom. The zero-order chi connectivity index (χ0) is 23.8. The van der Waals surface area contributed by atoms with Gasteiger partial charge in [0.25, 0.3) is 0 Å². The Morgan fingerprint density at radius 3 is 2.61 bits per heavy atom. The summed E-state index contributed by atoms with van der Waals surface area (Å²) in [6, 6.07) is 5.05. The van der Waals surface area contributed by atoms with Gasteiger partial charge in [0, 0.05) is 35.4 Å². The molecule has 0 bridgehead atoms. The van der Waals surface area contributed by atoms with E-state index >= 15 is 0 Å². The van der Waals surface area contributed by atoms with Crippen molar-refractivity contribution in [2.24, 2.45) is 22.7 Å². The van der Waals surface area contributed by atoms with E-state index in [4.69, 9.17) is 9.15 Å². The monoisotopic (exact) mass is 457 g/mol. The third kappa shape index (κ3) is 2.97. The van der Waals surface area contributed by atoms with Gasteiger partial charge in [-0.25, -0.2) is 4.79 Å². The molecule has 3 heterocycles. The minimum atomic E-state index is -1.24. The average Bonchev–Trinajstić information content (AvgIpc) is 2.78. The molecule has 8 nitrogen and oxygen atoms in total. The van der Waals surface area contributed by atoms with Gasteiger partial charge in [-0.2, -0.15) is 0 Å². The SMILES string of the molecule is C[C@]12CC[C@H](O)[C@](C)(CO)C1C[C@H](O)[C@@]1(C)Oc3cc(-c4cccnc4)oc(=O)c3C(O)C21. The highest BCUT2D eigenvalue weighted by molar-refractivity contribution is 5.59. The van der Waals surface area contributed by atoms with Crippen LogP contribution in [0.3, 0.4) is 0 Å². The molecule has 178 valence electrons. The van der Waals surface area contributed by atoms with Crippen LogP contribution in [0.25, 0.3) is 11.3 Å². The van der Waals surface area contributed by atoms with E-state index in [1.807, 2.05) is 13.8 Å². The van der Waals surface area contributed by atoms with Crippen LogP contribution in [0.1, 0.15) is 51.7 Å². The largest absolute Gasteiger partial charge is 0.484 e. The fourth-order valence-electron chi connectivity index (χ4n) is 7.08. The molecule has 33 heavy (non-hydrogen) atoms. The van der Waals surface area contributed by atoms with E-state index in [9.17, 15) is 25.2 Å². The molecule has 3 aliphatic rings. The molecule has 3 unspecified atom stereocenters. The van der Waals surface area contributed by atoms with E-state index in [0.29, 0.717) is 24.8 Å². The van der Waals surface area contributed by atoms with Crippen molar-refractivity contribution in [3.8, 4) is 17.1 Å². The van der Waals surface area contributed by atoms with Crippen LogP contribution in [-0.4, -0.2) is 49.8 Å². The lowest BCUT2D eigenvalue weighted by molar-refractivity contribution is -0.264. The van der Waals surface area contributed by atoms with Crippen LogP contribution in [0.15, 0.2) is 39.8 Å². The molecule has 5 rings (SSSR count). The van der Waals surface area contributed by atoms with Crippen molar-refractivity contribution in [3.63, 3.8) is 0 Å². The first kappa shape index (κ1) is 22.5. The quantitative estimate of drug-likeness (QED) is 0.539. The molecule has 2 saturated carbocycles. The van der Waals surface area contributed by atoms with Gasteiger partial charge in [-0.15, -0.1) is 0 Å². The number of rotatable bonds is 2. The van der Waals surface area contributed by atoms with Gasteiger partial charge >= 0.3 is 5.63 Å². The fraction of sp³-hybridized carbons (Fsp3) is 0.600. The average molecular weight is 458 g/mol. The molecular formula is C25H31NO7. The lowest BCUT2D eigenvalue weighted by Crippen LogP contribution is -2.70. The molecule has 8 heteroatoms. The molecule has 4 N–H and O–H groups in total. The summed E-state index contributed by atoms with van der Waals surface area (Å²) in [5.41, 5.74) is -2.67. The first-order chi connectivity index (χ1) is 15.6. The fourth-order valence-corrected chi connectivity index (χ4v) is 7.08. The maximum absolute atomic E-state index is 13.1. The summed E-state index contributed by atoms with van der Waals surface area (Å²) in [7, 11) is 0. The molecule has 2 aromatic heterocycles. The van der Waals surface area contributed by atoms with Crippen molar-refractivity contribution < 1.29 is 29.6 Å². The third-order valence-electron chi connectivity index (χ3n) is 8.94. The molecule has 2 aromatic rings. The first-order valence-corrected chi connectivity index (χ1v) is 11.5. The van der Waals surface area contributed by atoms with Gasteiger partial charge in [-0.3, -0.25) is 4.98 Å². The standard InChI is InChI=1S/C25H31NO7/c1-23-7-6-17(28)24(2,12-27)16(23)10-18(29)25(3)21(23)20(30)19-15(33-25)9-14(32-22(19)31)13-5-4-8-26-11-13/h4-5,8-9,11,16-18,20-21,27-30H,6-7,10,12H2,1-3H3/t16?,17-,18-,20?,21?,23-,24+,25+/m0/s1. The minimum absolute atomic E-state index is 0.0380. The predicted octanol–water partition coefficient (Wildman–Crippen LogP) is 2.04. The number of pyridine rings is 1. The van der Waals surface area contributed by atoms with E-state index in [2.05, 4.69) is 4.98 Å². The van der Waals surface area contributed by atoms with Gasteiger partial charge in [-0.1, -0.05) is 13.8 Å². The van der Waals surface area contributed by atoms with Crippen LogP contribution in [0, 0.1) is 22.7 Å². The molecule has 0 amide bonds. The van der Waals surface area contributed by atoms with Crippen LogP contribution in [0.4, 0.5) is 0 Å². The normalized spacial score (nSPS) is 42.0. The summed E-state index contributed by atoms with van der Waals surface area (Å²) in [5, 5.41) is 43.9. The molecule has 0 aromatic carbocycles. The Bertz CT molecular complexity index is 1120. The van der Waals surface area contributed by atoms with E-state index in [1.54, 1.807) is 37.5 Å². The van der Waals surface area contributed by atoms with Crippen LogP contribution in [0.5, 0.6) is 5.75 Å². The zero-order valence-corrected chi connectivity index (χ0v) is 19.1. The van der Waals surface area contributed by atoms with Crippen LogP contribution in [-0.2, 0) is 0 Å². The van der Waals surface area contributed by atoms with Gasteiger partial charge < -0.3 is 29.6 Å². The Hall–Kier alpha value is -2.26. The van der Waals surface area contributed by atoms with E-state index in [1.165, 1.54) is 0 Å². The van der Waals surface area contributed by atoms with Crippen molar-refractivity contribution >= 4 is 0 Å². The number of aliphatic hydroxyl groups is 4. The third-order valence-corrected chi connectivity index (χ3v) is 8.94. The number of fused-ring (bicyclic) bond motifs is 4. The molecular weight excluding hydrogens is 426 g/mol. The maximum Gasteiger partial charge on any atom is 0.345 e. The number of hydrogen-bond donors (Lipinski definition) is 4. The Kier molecular flexibility index (Phi) is 5.03. The topological polar surface area (TPSA) is 133 Å². The summed E-state index contributed by atoms with van der Waals surface area (Å²) in [5.74, 6) is -0.465. The zero-order valence-electron chi connectivity index (χ0n) is 19.1. The summed E-state index contributed by atoms with van der Waals surface area (Å²) in [4.78, 5) is 17.1. The van der Waals surface area contributed by atoms with Crippen molar-refractivity contribution in [1.82, 2.24) is 4.98 Å². The summed E-state index contributed by atoms with van der Waals surface area (Å²) in [6.07, 6.45) is 1.56. The van der Waals surface area contributed by atoms with E-state index in [0.717, 1.165) is 0 Å². The Balaban J connectivity index is 1.65. The van der Waals surface area contributed by atoms with Gasteiger partial charge in [0.1, 0.15) is 22.7 Å². The number of aliphatic hydroxyl groups excluding tert-OH is 4. The summed E-state index contributed by atoms with van der Waals surface area (Å²) in [6.45, 7) is 5.37. The molecule has 8 atom stereocenters. The van der Waals surface area contributed by atoms with Crippen LogP contribution < -0.4 is 10.4 Å². The summed E-state index contributed by atoms with van der Waals surface area (Å²) < 4.78 is 11.9. The molecule has 0 radical (unpaired) electrons. The lowest BCUT2D eigenvalue weighted by atomic mass is 9.42. The van der Waals surface area contributed by atoms with E-state index < -0.39 is 46.3 Å². The predicted molar refractivity (Wildman–Crippen MR) is 118 cm³/mol. The smallest absolute Gasteiger partial charge is 0.345 e. The van der Waals surface area contributed by atoms with Gasteiger partial charge in [-0.05, 0) is 49.7 Å². The first-order valence-electron chi connectivity index (χ1n) is 11.5. The van der Waals surface area contributed by atoms with Crippen molar-refractivity contribution in [2.45, 2.75) is 63.9 Å². The van der Waals surface area contributed by atoms with Crippen LogP contribution in [0.2, 0.25) is 0 Å². The number of aromatic nitrogens is 1. The highest BCUT2D eigenvalue weighted by Gasteiger charge is 2.68. The maximum atomic E-state index is 13.1. The molecule has 2 aliphatic carbocycles. The highest BCUT2D eigenvalue weighted by Crippen LogP contribution is 2.66. The Labute approximate surface area is 191 Å². The highest BCUT2D eigenvalue weighted by atomic mass is 16.5.